The second kappa shape index (κ2) is 8.00. The largest absolute Gasteiger partial charge is 0.454 e. The number of benzene rings is 1. The molecule has 5 N–H and O–H groups in total. The van der Waals surface area contributed by atoms with Gasteiger partial charge in [-0.2, -0.15) is 0 Å². The summed E-state index contributed by atoms with van der Waals surface area (Å²) in [7, 11) is 0. The highest BCUT2D eigenvalue weighted by Crippen LogP contribution is 2.32. The number of ether oxygens (including phenoxy) is 2. The van der Waals surface area contributed by atoms with Crippen LogP contribution in [0, 0.1) is 0 Å². The van der Waals surface area contributed by atoms with Crippen molar-refractivity contribution in [2.75, 3.05) is 13.3 Å². The van der Waals surface area contributed by atoms with Crippen LogP contribution in [0.2, 0.25) is 0 Å². The molecule has 1 amide bonds. The summed E-state index contributed by atoms with van der Waals surface area (Å²) in [6.07, 6.45) is 3.16. The van der Waals surface area contributed by atoms with Crippen LogP contribution in [0.4, 0.5) is 0 Å². The van der Waals surface area contributed by atoms with Crippen molar-refractivity contribution in [1.29, 1.82) is 0 Å². The Labute approximate surface area is 131 Å². The molecule has 0 aliphatic carbocycles. The summed E-state index contributed by atoms with van der Waals surface area (Å²) in [6.45, 7) is 2.87. The van der Waals surface area contributed by atoms with Gasteiger partial charge in [0, 0.05) is 6.04 Å². The van der Waals surface area contributed by atoms with Crippen LogP contribution in [0.15, 0.2) is 18.2 Å². The summed E-state index contributed by atoms with van der Waals surface area (Å²) in [4.78, 5) is 12.0. The maximum absolute atomic E-state index is 12.0. The molecule has 0 radical (unpaired) electrons. The lowest BCUT2D eigenvalue weighted by molar-refractivity contribution is -0.123. The minimum absolute atomic E-state index is 0.00781. The molecule has 0 bridgehead atoms. The molecule has 0 saturated carbocycles. The van der Waals surface area contributed by atoms with Gasteiger partial charge in [-0.05, 0) is 50.4 Å². The Morgan fingerprint density at radius 2 is 2.09 bits per heavy atom. The summed E-state index contributed by atoms with van der Waals surface area (Å²) in [5.74, 6) is 1.42. The van der Waals surface area contributed by atoms with Crippen LogP contribution in [0.3, 0.4) is 0 Å². The molecule has 2 atom stereocenters. The number of nitrogens with one attached hydrogen (secondary N) is 1. The number of hydrogen-bond donors (Lipinski definition) is 3. The van der Waals surface area contributed by atoms with E-state index in [9.17, 15) is 4.79 Å². The van der Waals surface area contributed by atoms with Crippen LogP contribution in [0.25, 0.3) is 0 Å². The summed E-state index contributed by atoms with van der Waals surface area (Å²) in [6, 6.07) is 5.37. The number of carbonyl (C=O) groups excluding carboxylic acids is 1. The monoisotopic (exact) mass is 307 g/mol. The highest BCUT2D eigenvalue weighted by atomic mass is 16.7. The van der Waals surface area contributed by atoms with Crippen LogP contribution in [0.1, 0.15) is 31.7 Å². The molecule has 1 heterocycles. The normalized spacial score (nSPS) is 15.4. The van der Waals surface area contributed by atoms with Gasteiger partial charge in [0.2, 0.25) is 12.7 Å². The number of rotatable bonds is 8. The van der Waals surface area contributed by atoms with Crippen LogP contribution >= 0.6 is 0 Å². The first kappa shape index (κ1) is 16.6. The van der Waals surface area contributed by atoms with Crippen molar-refractivity contribution in [3.05, 3.63) is 23.8 Å². The number of nitrogens with two attached hydrogens (primary N) is 2. The molecule has 1 aromatic rings. The molecule has 122 valence electrons. The van der Waals surface area contributed by atoms with Crippen LogP contribution < -0.4 is 26.3 Å². The second-order valence-electron chi connectivity index (χ2n) is 5.69. The molecule has 0 saturated heterocycles. The molecule has 1 unspecified atom stereocenters. The van der Waals surface area contributed by atoms with Gasteiger partial charge >= 0.3 is 0 Å². The Bertz CT molecular complexity index is 507. The third-order valence-corrected chi connectivity index (χ3v) is 3.67. The first-order valence-electron chi connectivity index (χ1n) is 7.74. The molecule has 1 aliphatic rings. The molecule has 22 heavy (non-hydrogen) atoms. The third kappa shape index (κ3) is 4.61. The lowest BCUT2D eigenvalue weighted by Crippen LogP contribution is -2.45. The van der Waals surface area contributed by atoms with Crippen molar-refractivity contribution in [3.8, 4) is 11.5 Å². The Morgan fingerprint density at radius 3 is 2.86 bits per heavy atom. The zero-order chi connectivity index (χ0) is 15.9. The van der Waals surface area contributed by atoms with Gasteiger partial charge in [-0.15, -0.1) is 0 Å². The zero-order valence-corrected chi connectivity index (χ0v) is 13.0. The van der Waals surface area contributed by atoms with Crippen molar-refractivity contribution >= 4 is 5.91 Å². The van der Waals surface area contributed by atoms with Crippen LogP contribution in [-0.2, 0) is 11.2 Å². The summed E-state index contributed by atoms with van der Waals surface area (Å²) in [5.41, 5.74) is 12.4. The van der Waals surface area contributed by atoms with E-state index in [1.54, 1.807) is 0 Å². The fraction of sp³-hybridized carbons (Fsp3) is 0.562. The number of amides is 1. The minimum atomic E-state index is -0.467. The van der Waals surface area contributed by atoms with Gasteiger partial charge in [-0.25, -0.2) is 0 Å². The predicted octanol–water partition coefficient (Wildman–Crippen LogP) is 0.919. The van der Waals surface area contributed by atoms with Gasteiger partial charge in [-0.1, -0.05) is 12.5 Å². The van der Waals surface area contributed by atoms with Gasteiger partial charge in [-0.3, -0.25) is 4.79 Å². The van der Waals surface area contributed by atoms with Crippen molar-refractivity contribution in [3.63, 3.8) is 0 Å². The Kier molecular flexibility index (Phi) is 6.03. The molecule has 0 aromatic heterocycles. The highest BCUT2D eigenvalue weighted by Gasteiger charge is 2.17. The van der Waals surface area contributed by atoms with Crippen molar-refractivity contribution in [1.82, 2.24) is 5.32 Å². The summed E-state index contributed by atoms with van der Waals surface area (Å²) < 4.78 is 10.6. The lowest BCUT2D eigenvalue weighted by Gasteiger charge is -2.17. The Balaban J connectivity index is 1.79. The molecule has 1 aliphatic heterocycles. The smallest absolute Gasteiger partial charge is 0.237 e. The van der Waals surface area contributed by atoms with Crippen LogP contribution in [0.5, 0.6) is 11.5 Å². The van der Waals surface area contributed by atoms with Crippen molar-refractivity contribution in [2.45, 2.75) is 44.7 Å². The van der Waals surface area contributed by atoms with Crippen molar-refractivity contribution < 1.29 is 14.3 Å². The fourth-order valence-electron chi connectivity index (χ4n) is 2.46. The number of hydrogen-bond acceptors (Lipinski definition) is 5. The molecule has 6 nitrogen and oxygen atoms in total. The van der Waals surface area contributed by atoms with Crippen LogP contribution in [-0.4, -0.2) is 31.3 Å². The van der Waals surface area contributed by atoms with E-state index in [-0.39, 0.29) is 18.7 Å². The average Bonchev–Trinajstić information content (AvgIpc) is 2.94. The number of unbranched alkanes of at least 4 members (excludes halogenated alkanes) is 1. The maximum atomic E-state index is 12.0. The summed E-state index contributed by atoms with van der Waals surface area (Å²) in [5, 5.41) is 2.96. The topological polar surface area (TPSA) is 99.6 Å². The Hall–Kier alpha value is -1.79. The summed E-state index contributed by atoms with van der Waals surface area (Å²) >= 11 is 0. The Morgan fingerprint density at radius 1 is 1.32 bits per heavy atom. The molecule has 1 aromatic carbocycles. The molecule has 0 spiro atoms. The zero-order valence-electron chi connectivity index (χ0n) is 13.0. The third-order valence-electron chi connectivity index (χ3n) is 3.67. The van der Waals surface area contributed by atoms with E-state index >= 15 is 0 Å². The molecule has 0 fully saturated rings. The van der Waals surface area contributed by atoms with E-state index in [0.717, 1.165) is 36.3 Å². The molecular weight excluding hydrogens is 282 g/mol. The highest BCUT2D eigenvalue weighted by molar-refractivity contribution is 5.81. The van der Waals surface area contributed by atoms with Gasteiger partial charge in [0.15, 0.2) is 11.5 Å². The number of fused-ring (bicyclic) bond motifs is 1. The van der Waals surface area contributed by atoms with E-state index in [4.69, 9.17) is 20.9 Å². The first-order chi connectivity index (χ1) is 10.6. The first-order valence-corrected chi connectivity index (χ1v) is 7.74. The van der Waals surface area contributed by atoms with Gasteiger partial charge in [0.25, 0.3) is 0 Å². The molecule has 2 rings (SSSR count). The second-order valence-corrected chi connectivity index (χ2v) is 5.69. The van der Waals surface area contributed by atoms with Crippen molar-refractivity contribution in [2.24, 2.45) is 11.5 Å². The van der Waals surface area contributed by atoms with Gasteiger partial charge in [0.05, 0.1) is 6.04 Å². The van der Waals surface area contributed by atoms with E-state index in [1.807, 2.05) is 25.1 Å². The van der Waals surface area contributed by atoms with E-state index in [2.05, 4.69) is 5.32 Å². The quantitative estimate of drug-likeness (QED) is 0.620. The lowest BCUT2D eigenvalue weighted by atomic mass is 10.1. The molecular formula is C16H25N3O3. The van der Waals surface area contributed by atoms with E-state index in [0.29, 0.717) is 13.0 Å². The average molecular weight is 307 g/mol. The van der Waals surface area contributed by atoms with Gasteiger partial charge in [0.1, 0.15) is 0 Å². The standard InChI is InChI=1S/C16H25N3O3/c1-11(19-16(20)13(18)4-2-3-7-17)8-12-5-6-14-15(9-12)22-10-21-14/h5-6,9,11,13H,2-4,7-8,10,17-18H2,1H3,(H,19,20)/t11?,13-/m0/s1. The molecule has 6 heteroatoms. The SMILES string of the molecule is CC(Cc1ccc2c(c1)OCO2)NC(=O)[C@@H](N)CCCCN. The minimum Gasteiger partial charge on any atom is -0.454 e. The number of carbonyl (C=O) groups is 1. The van der Waals surface area contributed by atoms with Gasteiger partial charge < -0.3 is 26.3 Å². The van der Waals surface area contributed by atoms with E-state index < -0.39 is 6.04 Å². The maximum Gasteiger partial charge on any atom is 0.237 e. The van der Waals surface area contributed by atoms with E-state index in [1.165, 1.54) is 0 Å². The predicted molar refractivity (Wildman–Crippen MR) is 84.8 cm³/mol. The fourth-order valence-corrected chi connectivity index (χ4v) is 2.46.